The molecule has 0 aliphatic heterocycles. The summed E-state index contributed by atoms with van der Waals surface area (Å²) in [4.78, 5) is 3.98. The Morgan fingerprint density at radius 2 is 2.30 bits per heavy atom. The van der Waals surface area contributed by atoms with E-state index in [0.29, 0.717) is 5.03 Å². The van der Waals surface area contributed by atoms with Gasteiger partial charge in [-0.3, -0.25) is 0 Å². The third-order valence-corrected chi connectivity index (χ3v) is 1.72. The molecule has 0 radical (unpaired) electrons. The zero-order valence-electron chi connectivity index (χ0n) is 5.11. The molecular weight excluding hydrogens is 146 g/mol. The lowest BCUT2D eigenvalue weighted by Crippen LogP contribution is -1.72. The van der Waals surface area contributed by atoms with Crippen LogP contribution in [0.5, 0.6) is 0 Å². The fourth-order valence-corrected chi connectivity index (χ4v) is 1.13. The minimum atomic E-state index is 0.714. The van der Waals surface area contributed by atoms with Gasteiger partial charge in [-0.05, 0) is 12.1 Å². The quantitative estimate of drug-likeness (QED) is 0.583. The number of hydrogen-bond donors (Lipinski definition) is 1. The van der Waals surface area contributed by atoms with Crippen LogP contribution in [0.1, 0.15) is 0 Å². The second-order valence-corrected chi connectivity index (χ2v) is 2.39. The molecule has 0 amide bonds. The molecule has 0 unspecified atom stereocenters. The predicted octanol–water partition coefficient (Wildman–Crippen LogP) is 2.12. The molecule has 2 nitrogen and oxygen atoms in total. The van der Waals surface area contributed by atoms with Gasteiger partial charge in [0, 0.05) is 6.20 Å². The van der Waals surface area contributed by atoms with Crippen LogP contribution in [0.15, 0.2) is 34.0 Å². The molecule has 0 bridgehead atoms. The fraction of sp³-hybridized carbons (Fsp3) is 0. The first-order chi connectivity index (χ1) is 4.88. The zero-order chi connectivity index (χ0) is 6.97. The van der Waals surface area contributed by atoms with E-state index in [1.54, 1.807) is 12.5 Å². The monoisotopic (exact) mass is 151 g/mol. The Hall–Kier alpha value is -0.960. The first kappa shape index (κ1) is 5.80. The topological polar surface area (TPSA) is 26.0 Å². The van der Waals surface area contributed by atoms with Crippen LogP contribution in [-0.2, 0) is 0 Å². The second-order valence-electron chi connectivity index (χ2n) is 1.97. The third-order valence-electron chi connectivity index (χ3n) is 1.36. The Morgan fingerprint density at radius 1 is 1.40 bits per heavy atom. The van der Waals surface area contributed by atoms with E-state index < -0.39 is 0 Å². The minimum Gasteiger partial charge on any atom is -0.464 e. The zero-order valence-corrected chi connectivity index (χ0v) is 6.01. The van der Waals surface area contributed by atoms with Gasteiger partial charge in [-0.1, -0.05) is 0 Å². The van der Waals surface area contributed by atoms with Gasteiger partial charge in [0.2, 0.25) is 0 Å². The summed E-state index contributed by atoms with van der Waals surface area (Å²) in [6.45, 7) is 0. The van der Waals surface area contributed by atoms with Crippen LogP contribution in [0.25, 0.3) is 11.0 Å². The summed E-state index contributed by atoms with van der Waals surface area (Å²) in [5.74, 6) is 0. The molecule has 0 fully saturated rings. The molecule has 3 heteroatoms. The summed E-state index contributed by atoms with van der Waals surface area (Å²) in [5, 5.41) is 1.68. The van der Waals surface area contributed by atoms with Gasteiger partial charge in [0.15, 0.2) is 0 Å². The summed E-state index contributed by atoms with van der Waals surface area (Å²) >= 11 is 4.15. The van der Waals surface area contributed by atoms with Crippen LogP contribution in [0.2, 0.25) is 0 Å². The Bertz CT molecular complexity index is 355. The minimum absolute atomic E-state index is 0.714. The van der Waals surface area contributed by atoms with Crippen molar-refractivity contribution in [2.24, 2.45) is 0 Å². The van der Waals surface area contributed by atoms with Gasteiger partial charge < -0.3 is 4.42 Å². The van der Waals surface area contributed by atoms with Crippen LogP contribution in [0.4, 0.5) is 0 Å². The van der Waals surface area contributed by atoms with Crippen LogP contribution in [0.3, 0.4) is 0 Å². The maximum absolute atomic E-state index is 5.11. The Labute approximate surface area is 63.3 Å². The number of pyridine rings is 1. The van der Waals surface area contributed by atoms with Crippen molar-refractivity contribution < 1.29 is 4.42 Å². The van der Waals surface area contributed by atoms with Gasteiger partial charge in [0.25, 0.3) is 0 Å². The number of furan rings is 1. The predicted molar refractivity (Wildman–Crippen MR) is 41.3 cm³/mol. The summed E-state index contributed by atoms with van der Waals surface area (Å²) in [6, 6.07) is 3.67. The molecule has 2 rings (SSSR count). The van der Waals surface area contributed by atoms with Crippen molar-refractivity contribution in [2.45, 2.75) is 5.03 Å². The van der Waals surface area contributed by atoms with Crippen LogP contribution in [-0.4, -0.2) is 4.98 Å². The number of hydrogen-bond acceptors (Lipinski definition) is 3. The molecule has 0 saturated heterocycles. The van der Waals surface area contributed by atoms with Crippen LogP contribution >= 0.6 is 12.6 Å². The van der Waals surface area contributed by atoms with Crippen LogP contribution < -0.4 is 0 Å². The standard InChI is InChI=1S/C7H5NOS/c10-7-5-2-4-9-6(5)1-3-8-7/h1-4H,(H,8,10). The van der Waals surface area contributed by atoms with Gasteiger partial charge in [-0.25, -0.2) is 4.98 Å². The molecule has 10 heavy (non-hydrogen) atoms. The molecule has 2 aromatic heterocycles. The van der Waals surface area contributed by atoms with Crippen molar-refractivity contribution in [3.05, 3.63) is 24.6 Å². The van der Waals surface area contributed by atoms with Crippen molar-refractivity contribution in [2.75, 3.05) is 0 Å². The highest BCUT2D eigenvalue weighted by Crippen LogP contribution is 2.19. The average Bonchev–Trinajstić information content (AvgIpc) is 2.36. The van der Waals surface area contributed by atoms with E-state index in [0.717, 1.165) is 11.0 Å². The summed E-state index contributed by atoms with van der Waals surface area (Å²) in [5.41, 5.74) is 0.833. The summed E-state index contributed by atoms with van der Waals surface area (Å²) < 4.78 is 5.11. The van der Waals surface area contributed by atoms with Gasteiger partial charge in [0.05, 0.1) is 11.6 Å². The Morgan fingerprint density at radius 3 is 3.10 bits per heavy atom. The summed E-state index contributed by atoms with van der Waals surface area (Å²) in [7, 11) is 0. The van der Waals surface area contributed by atoms with Gasteiger partial charge in [-0.15, -0.1) is 12.6 Å². The Kier molecular flexibility index (Phi) is 1.17. The number of aromatic nitrogens is 1. The van der Waals surface area contributed by atoms with E-state index in [1.807, 2.05) is 12.1 Å². The highest BCUT2D eigenvalue weighted by Gasteiger charge is 1.98. The normalized spacial score (nSPS) is 10.5. The first-order valence-electron chi connectivity index (χ1n) is 2.89. The molecule has 50 valence electrons. The number of rotatable bonds is 0. The van der Waals surface area contributed by atoms with Crippen molar-refractivity contribution in [1.29, 1.82) is 0 Å². The first-order valence-corrected chi connectivity index (χ1v) is 3.34. The van der Waals surface area contributed by atoms with Crippen molar-refractivity contribution in [1.82, 2.24) is 4.98 Å². The van der Waals surface area contributed by atoms with Crippen molar-refractivity contribution >= 4 is 23.6 Å². The van der Waals surface area contributed by atoms with E-state index in [-0.39, 0.29) is 0 Å². The maximum atomic E-state index is 5.11. The highest BCUT2D eigenvalue weighted by molar-refractivity contribution is 7.80. The second kappa shape index (κ2) is 2.02. The van der Waals surface area contributed by atoms with Gasteiger partial charge in [-0.2, -0.15) is 0 Å². The summed E-state index contributed by atoms with van der Waals surface area (Å²) in [6.07, 6.45) is 3.31. The molecule has 2 aromatic rings. The van der Waals surface area contributed by atoms with E-state index in [9.17, 15) is 0 Å². The van der Waals surface area contributed by atoms with Gasteiger partial charge in [0.1, 0.15) is 10.6 Å². The Balaban J connectivity index is 2.95. The van der Waals surface area contributed by atoms with Crippen molar-refractivity contribution in [3.63, 3.8) is 0 Å². The number of fused-ring (bicyclic) bond motifs is 1. The molecule has 0 atom stereocenters. The molecule has 0 saturated carbocycles. The van der Waals surface area contributed by atoms with Gasteiger partial charge >= 0.3 is 0 Å². The van der Waals surface area contributed by atoms with E-state index in [4.69, 9.17) is 4.42 Å². The SMILES string of the molecule is Sc1nccc2occc12. The van der Waals surface area contributed by atoms with Crippen LogP contribution in [0, 0.1) is 0 Å². The van der Waals surface area contributed by atoms with E-state index in [1.165, 1.54) is 0 Å². The number of thiol groups is 1. The largest absolute Gasteiger partial charge is 0.464 e. The molecule has 0 aliphatic carbocycles. The lowest BCUT2D eigenvalue weighted by molar-refractivity contribution is 0.615. The lowest BCUT2D eigenvalue weighted by Gasteiger charge is -1.88. The molecule has 0 spiro atoms. The maximum Gasteiger partial charge on any atom is 0.138 e. The molecule has 0 N–H and O–H groups in total. The fourth-order valence-electron chi connectivity index (χ4n) is 0.880. The van der Waals surface area contributed by atoms with E-state index >= 15 is 0 Å². The number of nitrogens with zero attached hydrogens (tertiary/aromatic N) is 1. The smallest absolute Gasteiger partial charge is 0.138 e. The molecule has 2 heterocycles. The highest BCUT2D eigenvalue weighted by atomic mass is 32.1. The molecule has 0 aliphatic rings. The lowest BCUT2D eigenvalue weighted by atomic mass is 10.3. The third kappa shape index (κ3) is 0.708. The molecular formula is C7H5NOS. The molecule has 0 aromatic carbocycles. The van der Waals surface area contributed by atoms with Crippen molar-refractivity contribution in [3.8, 4) is 0 Å². The average molecular weight is 151 g/mol. The van der Waals surface area contributed by atoms with E-state index in [2.05, 4.69) is 17.6 Å².